The molecule has 1 N–H and O–H groups in total. The zero-order chi connectivity index (χ0) is 7.56. The van der Waals surface area contributed by atoms with Crippen molar-refractivity contribution in [1.29, 1.82) is 0 Å². The van der Waals surface area contributed by atoms with Gasteiger partial charge < -0.3 is 0 Å². The van der Waals surface area contributed by atoms with Crippen LogP contribution >= 0.6 is 0 Å². The van der Waals surface area contributed by atoms with Gasteiger partial charge in [-0.1, -0.05) is 0 Å². The van der Waals surface area contributed by atoms with Crippen LogP contribution in [0.3, 0.4) is 0 Å². The molecule has 0 amide bonds. The van der Waals surface area contributed by atoms with E-state index in [1.807, 2.05) is 18.2 Å². The van der Waals surface area contributed by atoms with Gasteiger partial charge in [0.25, 0.3) is 0 Å². The summed E-state index contributed by atoms with van der Waals surface area (Å²) < 4.78 is 1.23. The molecule has 0 bridgehead atoms. The summed E-state index contributed by atoms with van der Waals surface area (Å²) in [6.45, 7) is 0. The first-order valence-corrected chi connectivity index (χ1v) is 11.7. The minimum absolute atomic E-state index is 0.494. The summed E-state index contributed by atoms with van der Waals surface area (Å²) in [4.78, 5) is 4.55. The van der Waals surface area contributed by atoms with E-state index in [0.717, 1.165) is 0 Å². The van der Waals surface area contributed by atoms with Crippen molar-refractivity contribution >= 4 is 23.3 Å². The topological polar surface area (TPSA) is 20.2 Å². The average molecular weight is 243 g/mol. The number of rotatable bonds is 1. The van der Waals surface area contributed by atoms with Gasteiger partial charge in [0.15, 0.2) is 0 Å². The van der Waals surface area contributed by atoms with Crippen molar-refractivity contribution in [2.45, 2.75) is 9.88 Å². The first kappa shape index (κ1) is 7.92. The predicted molar refractivity (Wildman–Crippen MR) is 46.6 cm³/mol. The van der Waals surface area contributed by atoms with Gasteiger partial charge in [-0.15, -0.1) is 0 Å². The van der Waals surface area contributed by atoms with E-state index < -0.39 is 19.8 Å². The van der Waals surface area contributed by atoms with E-state index in [9.17, 15) is 5.11 Å². The molecule has 0 spiro atoms. The molecular weight excluding hydrogens is 231 g/mol. The number of hydrogen-bond donors (Lipinski definition) is 1. The van der Waals surface area contributed by atoms with Crippen LogP contribution < -0.4 is 3.58 Å². The molecule has 2 heteroatoms. The van der Waals surface area contributed by atoms with Gasteiger partial charge in [-0.05, 0) is 0 Å². The van der Waals surface area contributed by atoms with Crippen molar-refractivity contribution < 1.29 is 5.11 Å². The zero-order valence-corrected chi connectivity index (χ0v) is 9.63. The van der Waals surface area contributed by atoms with Crippen molar-refractivity contribution in [3.05, 3.63) is 24.3 Å². The van der Waals surface area contributed by atoms with Crippen molar-refractivity contribution in [3.63, 3.8) is 0 Å². The molecule has 0 fully saturated rings. The average Bonchev–Trinajstić information content (AvgIpc) is 1.88. The van der Waals surface area contributed by atoms with Gasteiger partial charge in [-0.3, -0.25) is 0 Å². The summed E-state index contributed by atoms with van der Waals surface area (Å²) in [5, 5.41) is 9.33. The standard InChI is InChI=1S/C6H5O.2CH3.Sn.H/c7-6-4-2-1-3-5-6;;;;/h1-4,7H;2*1H3;;. The third kappa shape index (κ3) is 1.66. The van der Waals surface area contributed by atoms with Crippen LogP contribution in [0, 0.1) is 0 Å². The molecule has 0 aliphatic carbocycles. The third-order valence-electron chi connectivity index (χ3n) is 1.56. The Hall–Kier alpha value is -0.181. The number of phenols is 1. The van der Waals surface area contributed by atoms with Gasteiger partial charge >= 0.3 is 68.3 Å². The maximum atomic E-state index is 9.33. The molecule has 0 aliphatic rings. The van der Waals surface area contributed by atoms with Gasteiger partial charge in [-0.2, -0.15) is 0 Å². The molecule has 0 heterocycles. The summed E-state index contributed by atoms with van der Waals surface area (Å²) in [5.74, 6) is 0.494. The first-order valence-electron chi connectivity index (χ1n) is 3.49. The fourth-order valence-corrected chi connectivity index (χ4v) is 4.35. The second-order valence-corrected chi connectivity index (χ2v) is 11.1. The molecule has 1 aromatic carbocycles. The molecule has 54 valence electrons. The van der Waals surface area contributed by atoms with Crippen molar-refractivity contribution in [2.24, 2.45) is 0 Å². The summed E-state index contributed by atoms with van der Waals surface area (Å²) in [5.41, 5.74) is 0. The molecule has 1 nitrogen and oxygen atoms in total. The van der Waals surface area contributed by atoms with Gasteiger partial charge in [-0.25, -0.2) is 0 Å². The summed E-state index contributed by atoms with van der Waals surface area (Å²) >= 11 is -1.44. The SMILES string of the molecule is [CH3][SnH]([CH3])[c]1ccccc1O. The molecular formula is C8H12OSn. The van der Waals surface area contributed by atoms with Crippen LogP contribution in [-0.2, 0) is 0 Å². The van der Waals surface area contributed by atoms with Crippen LogP contribution in [-0.4, -0.2) is 24.9 Å². The van der Waals surface area contributed by atoms with E-state index >= 15 is 0 Å². The van der Waals surface area contributed by atoms with Crippen molar-refractivity contribution in [3.8, 4) is 5.75 Å². The number of para-hydroxylation sites is 1. The van der Waals surface area contributed by atoms with E-state index in [1.165, 1.54) is 3.58 Å². The van der Waals surface area contributed by atoms with E-state index in [2.05, 4.69) is 9.88 Å². The van der Waals surface area contributed by atoms with E-state index in [-0.39, 0.29) is 0 Å². The van der Waals surface area contributed by atoms with Crippen LogP contribution in [0.5, 0.6) is 5.75 Å². The number of hydrogen-bond acceptors (Lipinski definition) is 1. The quantitative estimate of drug-likeness (QED) is 0.732. The predicted octanol–water partition coefficient (Wildman–Crippen LogP) is 1.09. The molecule has 0 saturated heterocycles. The Balaban J connectivity index is 3.03. The molecule has 1 rings (SSSR count). The second kappa shape index (κ2) is 3.28. The molecule has 10 heavy (non-hydrogen) atoms. The normalized spacial score (nSPS) is 10.3. The summed E-state index contributed by atoms with van der Waals surface area (Å²) in [6, 6.07) is 7.67. The third-order valence-corrected chi connectivity index (χ3v) is 6.50. The van der Waals surface area contributed by atoms with Gasteiger partial charge in [0, 0.05) is 0 Å². The van der Waals surface area contributed by atoms with Crippen LogP contribution in [0.2, 0.25) is 9.88 Å². The van der Waals surface area contributed by atoms with Crippen LogP contribution in [0.1, 0.15) is 0 Å². The van der Waals surface area contributed by atoms with E-state index in [0.29, 0.717) is 5.75 Å². The molecule has 0 saturated carbocycles. The maximum absolute atomic E-state index is 9.33. The second-order valence-electron chi connectivity index (χ2n) is 2.71. The Morgan fingerprint density at radius 3 is 2.20 bits per heavy atom. The van der Waals surface area contributed by atoms with Crippen LogP contribution in [0.25, 0.3) is 0 Å². The fourth-order valence-electron chi connectivity index (χ4n) is 0.976. The van der Waals surface area contributed by atoms with Gasteiger partial charge in [0.1, 0.15) is 0 Å². The van der Waals surface area contributed by atoms with Crippen molar-refractivity contribution in [1.82, 2.24) is 0 Å². The molecule has 0 aromatic heterocycles. The molecule has 0 unspecified atom stereocenters. The van der Waals surface area contributed by atoms with Gasteiger partial charge in [0.05, 0.1) is 0 Å². The van der Waals surface area contributed by atoms with E-state index in [1.54, 1.807) is 6.07 Å². The Bertz CT molecular complexity index is 220. The number of aromatic hydroxyl groups is 1. The monoisotopic (exact) mass is 244 g/mol. The number of phenolic OH excluding ortho intramolecular Hbond substituents is 1. The van der Waals surface area contributed by atoms with Crippen LogP contribution in [0.4, 0.5) is 0 Å². The van der Waals surface area contributed by atoms with E-state index in [4.69, 9.17) is 0 Å². The number of benzene rings is 1. The Morgan fingerprint density at radius 2 is 1.80 bits per heavy atom. The minimum atomic E-state index is -1.44. The Morgan fingerprint density at radius 1 is 1.20 bits per heavy atom. The van der Waals surface area contributed by atoms with Crippen molar-refractivity contribution in [2.75, 3.05) is 0 Å². The molecule has 0 radical (unpaired) electrons. The zero-order valence-electron chi connectivity index (χ0n) is 6.33. The summed E-state index contributed by atoms with van der Waals surface area (Å²) in [7, 11) is 0. The Kier molecular flexibility index (Phi) is 2.60. The molecule has 0 atom stereocenters. The molecule has 0 aliphatic heterocycles. The summed E-state index contributed by atoms with van der Waals surface area (Å²) in [6.07, 6.45) is 0. The molecule has 1 aromatic rings. The van der Waals surface area contributed by atoms with Crippen LogP contribution in [0.15, 0.2) is 24.3 Å². The Labute approximate surface area is 68.4 Å². The fraction of sp³-hybridized carbons (Fsp3) is 0.250. The van der Waals surface area contributed by atoms with Gasteiger partial charge in [0.2, 0.25) is 0 Å². The first-order chi connectivity index (χ1) is 4.72.